The second-order valence-electron chi connectivity index (χ2n) is 8.10. The van der Waals surface area contributed by atoms with E-state index in [1.165, 1.54) is 6.07 Å². The van der Waals surface area contributed by atoms with Gasteiger partial charge in [0.25, 0.3) is 5.91 Å². The first-order chi connectivity index (χ1) is 15.3. The molecular formula is C23H26N4O3S2. The summed E-state index contributed by atoms with van der Waals surface area (Å²) >= 11 is 1.13. The summed E-state index contributed by atoms with van der Waals surface area (Å²) < 4.78 is 28.5. The van der Waals surface area contributed by atoms with Gasteiger partial charge in [0.2, 0.25) is 10.0 Å². The Kier molecular flexibility index (Phi) is 6.41. The number of carbonyl (C=O) groups excluding carboxylic acids is 1. The van der Waals surface area contributed by atoms with Crippen LogP contribution in [0, 0.1) is 6.92 Å². The van der Waals surface area contributed by atoms with E-state index < -0.39 is 15.9 Å². The minimum absolute atomic E-state index is 0.0724. The summed E-state index contributed by atoms with van der Waals surface area (Å²) in [5.41, 5.74) is 2.16. The number of hydrogen-bond acceptors (Lipinski definition) is 6. The molecule has 1 aliphatic rings. The first-order valence-corrected chi connectivity index (χ1v) is 12.9. The number of thiophene rings is 1. The molecule has 4 rings (SSSR count). The monoisotopic (exact) mass is 470 g/mol. The molecule has 2 atom stereocenters. The number of anilines is 1. The van der Waals surface area contributed by atoms with Crippen LogP contribution in [-0.2, 0) is 10.0 Å². The van der Waals surface area contributed by atoms with Gasteiger partial charge in [-0.15, -0.1) is 11.3 Å². The van der Waals surface area contributed by atoms with Gasteiger partial charge >= 0.3 is 0 Å². The number of amides is 1. The van der Waals surface area contributed by atoms with Gasteiger partial charge in [0.15, 0.2) is 0 Å². The maximum Gasteiger partial charge on any atom is 0.267 e. The van der Waals surface area contributed by atoms with E-state index in [1.807, 2.05) is 39.0 Å². The van der Waals surface area contributed by atoms with Crippen LogP contribution in [-0.4, -0.2) is 40.7 Å². The normalized spacial score (nSPS) is 19.6. The van der Waals surface area contributed by atoms with Gasteiger partial charge in [0.05, 0.1) is 5.69 Å². The third-order valence-electron chi connectivity index (χ3n) is 5.70. The number of piperidine rings is 1. The third kappa shape index (κ3) is 4.46. The molecule has 3 heterocycles. The zero-order valence-electron chi connectivity index (χ0n) is 18.3. The number of hydrogen-bond donors (Lipinski definition) is 1. The zero-order chi connectivity index (χ0) is 22.9. The summed E-state index contributed by atoms with van der Waals surface area (Å²) in [4.78, 5) is 21.9. The van der Waals surface area contributed by atoms with Gasteiger partial charge in [0.1, 0.15) is 15.6 Å². The molecule has 1 aliphatic heterocycles. The molecular weight excluding hydrogens is 444 g/mol. The summed E-state index contributed by atoms with van der Waals surface area (Å²) in [6.45, 7) is 5.68. The molecule has 0 spiro atoms. The van der Waals surface area contributed by atoms with Crippen molar-refractivity contribution in [2.24, 2.45) is 0 Å². The number of aromatic nitrogens is 2. The number of sulfonamides is 1. The average molecular weight is 471 g/mol. The van der Waals surface area contributed by atoms with Crippen molar-refractivity contribution >= 4 is 33.0 Å². The third-order valence-corrected chi connectivity index (χ3v) is 8.91. The quantitative estimate of drug-likeness (QED) is 0.583. The highest BCUT2D eigenvalue weighted by molar-refractivity contribution is 7.89. The first kappa shape index (κ1) is 22.6. The van der Waals surface area contributed by atoms with Gasteiger partial charge in [-0.1, -0.05) is 18.6 Å². The molecule has 1 aromatic carbocycles. The Balaban J connectivity index is 1.60. The van der Waals surface area contributed by atoms with E-state index in [-0.39, 0.29) is 21.9 Å². The molecule has 1 N–H and O–H groups in total. The van der Waals surface area contributed by atoms with E-state index in [4.69, 9.17) is 0 Å². The van der Waals surface area contributed by atoms with Crippen molar-refractivity contribution < 1.29 is 13.2 Å². The van der Waals surface area contributed by atoms with Crippen LogP contribution in [0.25, 0.3) is 11.3 Å². The maximum atomic E-state index is 13.5. The maximum absolute atomic E-state index is 13.5. The highest BCUT2D eigenvalue weighted by Gasteiger charge is 2.38. The molecule has 1 amide bonds. The molecule has 2 aromatic heterocycles. The van der Waals surface area contributed by atoms with Crippen molar-refractivity contribution in [3.05, 3.63) is 58.7 Å². The van der Waals surface area contributed by atoms with Gasteiger partial charge in [-0.25, -0.2) is 18.4 Å². The van der Waals surface area contributed by atoms with Crippen molar-refractivity contribution in [1.82, 2.24) is 14.3 Å². The van der Waals surface area contributed by atoms with Gasteiger partial charge in [0, 0.05) is 29.5 Å². The molecule has 168 valence electrons. The van der Waals surface area contributed by atoms with Crippen molar-refractivity contribution in [3.63, 3.8) is 0 Å². The fraction of sp³-hybridized carbons (Fsp3) is 0.348. The Morgan fingerprint density at radius 3 is 2.62 bits per heavy atom. The van der Waals surface area contributed by atoms with Gasteiger partial charge in [-0.2, -0.15) is 4.31 Å². The summed E-state index contributed by atoms with van der Waals surface area (Å²) in [6.07, 6.45) is 4.34. The minimum atomic E-state index is -3.77. The van der Waals surface area contributed by atoms with Crippen molar-refractivity contribution in [2.75, 3.05) is 5.32 Å². The minimum Gasteiger partial charge on any atom is -0.321 e. The van der Waals surface area contributed by atoms with Crippen molar-refractivity contribution in [3.8, 4) is 11.3 Å². The second-order valence-corrected chi connectivity index (χ2v) is 10.8. The van der Waals surface area contributed by atoms with Gasteiger partial charge < -0.3 is 5.32 Å². The number of carbonyl (C=O) groups is 1. The molecule has 1 fully saturated rings. The Morgan fingerprint density at radius 2 is 1.91 bits per heavy atom. The lowest BCUT2D eigenvalue weighted by Gasteiger charge is -2.37. The zero-order valence-corrected chi connectivity index (χ0v) is 19.9. The molecule has 32 heavy (non-hydrogen) atoms. The second kappa shape index (κ2) is 9.09. The van der Waals surface area contributed by atoms with Crippen LogP contribution in [0.4, 0.5) is 5.69 Å². The fourth-order valence-electron chi connectivity index (χ4n) is 4.21. The highest BCUT2D eigenvalue weighted by Crippen LogP contribution is 2.33. The van der Waals surface area contributed by atoms with Crippen molar-refractivity contribution in [1.29, 1.82) is 0 Å². The Morgan fingerprint density at radius 1 is 1.16 bits per heavy atom. The number of nitrogens with one attached hydrogen (secondary N) is 1. The smallest absolute Gasteiger partial charge is 0.267 e. The summed E-state index contributed by atoms with van der Waals surface area (Å²) in [6, 6.07) is 10.5. The van der Waals surface area contributed by atoms with E-state index in [0.717, 1.165) is 41.9 Å². The van der Waals surface area contributed by atoms with Crippen LogP contribution in [0.5, 0.6) is 0 Å². The standard InChI is InChI=1S/C23H26N4O3S2/c1-15-6-4-7-16(2)27(15)32(29,30)21-11-13-31-22(21)23(28)26-19-9-5-8-18(14-19)20-10-12-24-17(3)25-20/h5,8-16H,4,6-7H2,1-3H3,(H,26,28). The predicted molar refractivity (Wildman–Crippen MR) is 126 cm³/mol. The number of rotatable bonds is 5. The largest absolute Gasteiger partial charge is 0.321 e. The molecule has 2 unspecified atom stereocenters. The predicted octanol–water partition coefficient (Wildman–Crippen LogP) is 4.72. The van der Waals surface area contributed by atoms with E-state index in [2.05, 4.69) is 15.3 Å². The Bertz CT molecular complexity index is 1230. The average Bonchev–Trinajstić information content (AvgIpc) is 3.25. The van der Waals surface area contributed by atoms with Crippen LogP contribution >= 0.6 is 11.3 Å². The van der Waals surface area contributed by atoms with Gasteiger partial charge in [-0.05, 0) is 63.3 Å². The van der Waals surface area contributed by atoms with Crippen LogP contribution in [0.1, 0.15) is 48.6 Å². The SMILES string of the molecule is Cc1nccc(-c2cccc(NC(=O)c3sccc3S(=O)(=O)N3C(C)CCCC3C)c2)n1. The van der Waals surface area contributed by atoms with E-state index in [9.17, 15) is 13.2 Å². The van der Waals surface area contributed by atoms with Crippen molar-refractivity contribution in [2.45, 2.75) is 57.0 Å². The lowest BCUT2D eigenvalue weighted by Crippen LogP contribution is -2.47. The molecule has 0 saturated carbocycles. The lowest BCUT2D eigenvalue weighted by atomic mass is 10.0. The summed E-state index contributed by atoms with van der Waals surface area (Å²) in [5, 5.41) is 4.51. The Labute approximate surface area is 192 Å². The van der Waals surface area contributed by atoms with E-state index in [0.29, 0.717) is 11.5 Å². The molecule has 7 nitrogen and oxygen atoms in total. The van der Waals surface area contributed by atoms with Crippen LogP contribution in [0.15, 0.2) is 52.9 Å². The molecule has 0 aliphatic carbocycles. The fourth-order valence-corrected chi connectivity index (χ4v) is 7.39. The van der Waals surface area contributed by atoms with Crippen LogP contribution < -0.4 is 5.32 Å². The molecule has 3 aromatic rings. The van der Waals surface area contributed by atoms with Crippen LogP contribution in [0.3, 0.4) is 0 Å². The first-order valence-electron chi connectivity index (χ1n) is 10.6. The molecule has 1 saturated heterocycles. The number of nitrogens with zero attached hydrogens (tertiary/aromatic N) is 3. The van der Waals surface area contributed by atoms with E-state index in [1.54, 1.807) is 28.0 Å². The number of aryl methyl sites for hydroxylation is 1. The summed E-state index contributed by atoms with van der Waals surface area (Å²) in [5.74, 6) is 0.221. The van der Waals surface area contributed by atoms with E-state index >= 15 is 0 Å². The highest BCUT2D eigenvalue weighted by atomic mass is 32.2. The molecule has 0 radical (unpaired) electrons. The summed E-state index contributed by atoms with van der Waals surface area (Å²) in [7, 11) is -3.77. The lowest BCUT2D eigenvalue weighted by molar-refractivity contribution is 0.102. The number of benzene rings is 1. The molecule has 0 bridgehead atoms. The molecule has 9 heteroatoms. The van der Waals surface area contributed by atoms with Gasteiger partial charge in [-0.3, -0.25) is 4.79 Å². The Hall–Kier alpha value is -2.62. The van der Waals surface area contributed by atoms with Crippen LogP contribution in [0.2, 0.25) is 0 Å². The topological polar surface area (TPSA) is 92.3 Å².